The number of ether oxygens (including phenoxy) is 1. The molecule has 0 saturated heterocycles. The van der Waals surface area contributed by atoms with Crippen LogP contribution in [0, 0.1) is 20.8 Å². The minimum absolute atomic E-state index is 0.201. The first-order valence-corrected chi connectivity index (χ1v) is 5.65. The van der Waals surface area contributed by atoms with Crippen LogP contribution in [0.1, 0.15) is 47.3 Å². The van der Waals surface area contributed by atoms with Gasteiger partial charge in [-0.25, -0.2) is 0 Å². The Hall–Kier alpha value is -1.31. The molecule has 16 heavy (non-hydrogen) atoms. The third kappa shape index (κ3) is 1.62. The normalized spacial score (nSPS) is 17.9. The van der Waals surface area contributed by atoms with E-state index in [1.54, 1.807) is 0 Å². The fourth-order valence-electron chi connectivity index (χ4n) is 2.31. The summed E-state index contributed by atoms with van der Waals surface area (Å²) >= 11 is 0. The number of aryl methyl sites for hydroxylation is 2. The van der Waals surface area contributed by atoms with Crippen molar-refractivity contribution in [2.45, 2.75) is 46.6 Å². The molecule has 0 fully saturated rings. The summed E-state index contributed by atoms with van der Waals surface area (Å²) in [4.78, 5) is 12.1. The number of fused-ring (bicyclic) bond motifs is 1. The molecule has 0 unspecified atom stereocenters. The van der Waals surface area contributed by atoms with Gasteiger partial charge in [-0.15, -0.1) is 0 Å². The van der Waals surface area contributed by atoms with Crippen LogP contribution in [-0.4, -0.2) is 11.4 Å². The van der Waals surface area contributed by atoms with Crippen molar-refractivity contribution in [2.75, 3.05) is 0 Å². The molecular weight excluding hydrogens is 200 g/mol. The SMILES string of the molecule is Cc1cc(C)c2c(c1C)OC(C)(C)CC2=O. The first-order chi connectivity index (χ1) is 7.32. The first kappa shape index (κ1) is 11.2. The smallest absolute Gasteiger partial charge is 0.170 e. The Labute approximate surface area is 96.6 Å². The van der Waals surface area contributed by atoms with Crippen LogP contribution in [0.5, 0.6) is 5.75 Å². The van der Waals surface area contributed by atoms with Crippen molar-refractivity contribution in [3.63, 3.8) is 0 Å². The molecule has 86 valence electrons. The number of hydrogen-bond acceptors (Lipinski definition) is 2. The molecule has 1 aliphatic heterocycles. The monoisotopic (exact) mass is 218 g/mol. The van der Waals surface area contributed by atoms with Crippen molar-refractivity contribution in [3.05, 3.63) is 28.3 Å². The minimum Gasteiger partial charge on any atom is -0.486 e. The molecule has 0 radical (unpaired) electrons. The van der Waals surface area contributed by atoms with Crippen molar-refractivity contribution in [3.8, 4) is 5.75 Å². The Morgan fingerprint density at radius 3 is 2.44 bits per heavy atom. The van der Waals surface area contributed by atoms with Gasteiger partial charge in [0.25, 0.3) is 0 Å². The summed E-state index contributed by atoms with van der Waals surface area (Å²) in [5.41, 5.74) is 3.69. The van der Waals surface area contributed by atoms with Crippen LogP contribution < -0.4 is 4.74 Å². The third-order valence-electron chi connectivity index (χ3n) is 3.23. The van der Waals surface area contributed by atoms with E-state index < -0.39 is 0 Å². The van der Waals surface area contributed by atoms with Gasteiger partial charge in [-0.3, -0.25) is 4.79 Å². The molecule has 2 rings (SSSR count). The van der Waals surface area contributed by atoms with Crippen molar-refractivity contribution in [1.82, 2.24) is 0 Å². The Morgan fingerprint density at radius 2 is 1.81 bits per heavy atom. The fourth-order valence-corrected chi connectivity index (χ4v) is 2.31. The van der Waals surface area contributed by atoms with Crippen molar-refractivity contribution in [2.24, 2.45) is 0 Å². The van der Waals surface area contributed by atoms with E-state index in [2.05, 4.69) is 13.0 Å². The lowest BCUT2D eigenvalue weighted by Crippen LogP contribution is -2.36. The zero-order valence-electron chi connectivity index (χ0n) is 10.6. The van der Waals surface area contributed by atoms with E-state index in [1.165, 1.54) is 5.56 Å². The van der Waals surface area contributed by atoms with Crippen LogP contribution in [0.3, 0.4) is 0 Å². The summed E-state index contributed by atoms with van der Waals surface area (Å²) in [7, 11) is 0. The van der Waals surface area contributed by atoms with Crippen LogP contribution in [-0.2, 0) is 0 Å². The molecule has 0 atom stereocenters. The number of benzene rings is 1. The van der Waals surface area contributed by atoms with Crippen molar-refractivity contribution >= 4 is 5.78 Å². The second-order valence-electron chi connectivity index (χ2n) is 5.30. The summed E-state index contributed by atoms with van der Waals surface area (Å²) in [6, 6.07) is 2.06. The van der Waals surface area contributed by atoms with Gasteiger partial charge in [0.15, 0.2) is 5.78 Å². The Bertz CT molecular complexity index is 470. The summed E-state index contributed by atoms with van der Waals surface area (Å²) in [5, 5.41) is 0. The van der Waals surface area contributed by atoms with Gasteiger partial charge in [-0.2, -0.15) is 0 Å². The van der Waals surface area contributed by atoms with E-state index in [4.69, 9.17) is 4.74 Å². The highest BCUT2D eigenvalue weighted by atomic mass is 16.5. The Balaban J connectivity index is 2.70. The van der Waals surface area contributed by atoms with Crippen LogP contribution in [0.2, 0.25) is 0 Å². The first-order valence-electron chi connectivity index (χ1n) is 5.65. The average Bonchev–Trinajstić information content (AvgIpc) is 2.11. The quantitative estimate of drug-likeness (QED) is 0.667. The van der Waals surface area contributed by atoms with Gasteiger partial charge in [-0.1, -0.05) is 6.07 Å². The number of carbonyl (C=O) groups is 1. The lowest BCUT2D eigenvalue weighted by molar-refractivity contribution is 0.0614. The average molecular weight is 218 g/mol. The van der Waals surface area contributed by atoms with E-state index in [9.17, 15) is 4.79 Å². The highest BCUT2D eigenvalue weighted by molar-refractivity contribution is 6.02. The van der Waals surface area contributed by atoms with Gasteiger partial charge >= 0.3 is 0 Å². The fraction of sp³-hybridized carbons (Fsp3) is 0.500. The molecule has 0 spiro atoms. The Kier molecular flexibility index (Phi) is 2.33. The molecule has 0 saturated carbocycles. The number of hydrogen-bond donors (Lipinski definition) is 0. The maximum absolute atomic E-state index is 12.1. The number of carbonyl (C=O) groups excluding carboxylic acids is 1. The van der Waals surface area contributed by atoms with Crippen molar-refractivity contribution < 1.29 is 9.53 Å². The van der Waals surface area contributed by atoms with Gasteiger partial charge < -0.3 is 4.74 Å². The van der Waals surface area contributed by atoms with E-state index >= 15 is 0 Å². The van der Waals surface area contributed by atoms with E-state index in [1.807, 2.05) is 27.7 Å². The van der Waals surface area contributed by atoms with E-state index in [0.29, 0.717) is 6.42 Å². The maximum atomic E-state index is 12.1. The predicted molar refractivity (Wildman–Crippen MR) is 64.3 cm³/mol. The molecule has 0 N–H and O–H groups in total. The minimum atomic E-state index is -0.380. The zero-order chi connectivity index (χ0) is 12.1. The summed E-state index contributed by atoms with van der Waals surface area (Å²) in [5.74, 6) is 0.991. The zero-order valence-corrected chi connectivity index (χ0v) is 10.6. The molecule has 0 aromatic heterocycles. The number of ketones is 1. The van der Waals surface area contributed by atoms with Gasteiger partial charge in [0.05, 0.1) is 12.0 Å². The van der Waals surface area contributed by atoms with Crippen LogP contribution in [0.25, 0.3) is 0 Å². The molecule has 1 aliphatic rings. The number of rotatable bonds is 0. The van der Waals surface area contributed by atoms with Gasteiger partial charge in [0.2, 0.25) is 0 Å². The molecule has 1 aromatic rings. The lowest BCUT2D eigenvalue weighted by Gasteiger charge is -2.33. The van der Waals surface area contributed by atoms with E-state index in [0.717, 1.165) is 22.4 Å². The maximum Gasteiger partial charge on any atom is 0.170 e. The van der Waals surface area contributed by atoms with Crippen LogP contribution in [0.15, 0.2) is 6.07 Å². The van der Waals surface area contributed by atoms with Crippen LogP contribution >= 0.6 is 0 Å². The highest BCUT2D eigenvalue weighted by Gasteiger charge is 2.34. The van der Waals surface area contributed by atoms with Crippen molar-refractivity contribution in [1.29, 1.82) is 0 Å². The highest BCUT2D eigenvalue weighted by Crippen LogP contribution is 2.38. The van der Waals surface area contributed by atoms with Gasteiger partial charge in [-0.05, 0) is 51.3 Å². The molecule has 1 aromatic carbocycles. The molecule has 0 bridgehead atoms. The largest absolute Gasteiger partial charge is 0.486 e. The molecule has 1 heterocycles. The summed E-state index contributed by atoms with van der Waals surface area (Å²) in [6.45, 7) is 9.97. The third-order valence-corrected chi connectivity index (χ3v) is 3.23. The molecule has 0 aliphatic carbocycles. The molecule has 2 heteroatoms. The molecule has 2 nitrogen and oxygen atoms in total. The number of Topliss-reactive ketones (excluding diaryl/α,β-unsaturated/α-hetero) is 1. The van der Waals surface area contributed by atoms with Crippen LogP contribution in [0.4, 0.5) is 0 Å². The van der Waals surface area contributed by atoms with Gasteiger partial charge in [0, 0.05) is 0 Å². The summed E-state index contributed by atoms with van der Waals surface area (Å²) in [6.07, 6.45) is 0.462. The van der Waals surface area contributed by atoms with Gasteiger partial charge in [0.1, 0.15) is 11.4 Å². The standard InChI is InChI=1S/C14H18O2/c1-8-6-9(2)12-11(15)7-14(4,5)16-13(12)10(8)3/h6H,7H2,1-5H3. The van der Waals surface area contributed by atoms with E-state index in [-0.39, 0.29) is 11.4 Å². The molecule has 0 amide bonds. The summed E-state index contributed by atoms with van der Waals surface area (Å²) < 4.78 is 5.96. The lowest BCUT2D eigenvalue weighted by atomic mass is 9.88. The second kappa shape index (κ2) is 3.34. The second-order valence-corrected chi connectivity index (χ2v) is 5.30. The predicted octanol–water partition coefficient (Wildman–Crippen LogP) is 3.36. The molecular formula is C14H18O2. The Morgan fingerprint density at radius 1 is 1.19 bits per heavy atom. The topological polar surface area (TPSA) is 26.3 Å².